The average molecular weight is 573 g/mol. The summed E-state index contributed by atoms with van der Waals surface area (Å²) in [7, 11) is 3.23. The molecule has 1 atom stereocenters. The average Bonchev–Trinajstić information content (AvgIpc) is 3.22. The first-order valence-corrected chi connectivity index (χ1v) is 15.3. The Morgan fingerprint density at radius 2 is 1.32 bits per heavy atom. The quantitative estimate of drug-likeness (QED) is 0.0753. The van der Waals surface area contributed by atoms with Crippen LogP contribution in [0.15, 0.2) is 12.2 Å². The van der Waals surface area contributed by atoms with Crippen LogP contribution in [0.1, 0.15) is 58.3 Å². The van der Waals surface area contributed by atoms with E-state index in [9.17, 15) is 28.8 Å². The summed E-state index contributed by atoms with van der Waals surface area (Å²) in [6.07, 6.45) is 8.37. The molecule has 13 heteroatoms. The lowest BCUT2D eigenvalue weighted by Crippen LogP contribution is -2.44. The van der Waals surface area contributed by atoms with Gasteiger partial charge in [0, 0.05) is 24.0 Å². The Morgan fingerprint density at radius 1 is 0.789 bits per heavy atom. The standard InChI is InChI=1S/C25H40N4O7S2/c1-18(17-30)38-37-13-7-12-26-23(34)14-28-25(36)16-29-24(35)15-27-22(33)9-6-4-2-3-5-8-19-20(31)10-11-21(19)32/h10-11,18-19,30H,2-9,12-17H2,1H3,(H,26,34)(H,27,33)(H,28,36)(H,29,35). The number of hydrogen-bond acceptors (Lipinski definition) is 9. The third-order valence-corrected chi connectivity index (χ3v) is 8.51. The minimum Gasteiger partial charge on any atom is -0.395 e. The molecule has 38 heavy (non-hydrogen) atoms. The van der Waals surface area contributed by atoms with Crippen LogP contribution in [0.3, 0.4) is 0 Å². The van der Waals surface area contributed by atoms with Crippen molar-refractivity contribution in [2.75, 3.05) is 38.5 Å². The number of aliphatic hydroxyl groups excluding tert-OH is 1. The Hall–Kier alpha value is -2.38. The third-order valence-electron chi connectivity index (χ3n) is 5.55. The summed E-state index contributed by atoms with van der Waals surface area (Å²) in [6, 6.07) is 0. The Kier molecular flexibility index (Phi) is 18.2. The molecule has 0 saturated heterocycles. The van der Waals surface area contributed by atoms with Gasteiger partial charge in [-0.05, 0) is 31.4 Å². The van der Waals surface area contributed by atoms with Crippen molar-refractivity contribution >= 4 is 56.8 Å². The predicted molar refractivity (Wildman–Crippen MR) is 148 cm³/mol. The molecule has 5 N–H and O–H groups in total. The molecule has 0 heterocycles. The van der Waals surface area contributed by atoms with Crippen LogP contribution in [-0.4, -0.2) is 84.1 Å². The molecule has 1 unspecified atom stereocenters. The smallest absolute Gasteiger partial charge is 0.239 e. The van der Waals surface area contributed by atoms with E-state index in [1.807, 2.05) is 6.92 Å². The molecule has 0 spiro atoms. The van der Waals surface area contributed by atoms with Gasteiger partial charge in [0.25, 0.3) is 0 Å². The number of carbonyl (C=O) groups excluding carboxylic acids is 6. The first kappa shape index (κ1) is 33.6. The van der Waals surface area contributed by atoms with E-state index in [2.05, 4.69) is 21.3 Å². The van der Waals surface area contributed by atoms with E-state index in [-0.39, 0.29) is 61.3 Å². The van der Waals surface area contributed by atoms with Crippen molar-refractivity contribution in [3.63, 3.8) is 0 Å². The number of hydrogen-bond donors (Lipinski definition) is 5. The predicted octanol–water partition coefficient (Wildman–Crippen LogP) is 0.658. The van der Waals surface area contributed by atoms with Gasteiger partial charge in [0.05, 0.1) is 32.2 Å². The number of rotatable bonds is 21. The maximum Gasteiger partial charge on any atom is 0.239 e. The van der Waals surface area contributed by atoms with Gasteiger partial charge in [-0.2, -0.15) is 0 Å². The normalized spacial score (nSPS) is 13.8. The van der Waals surface area contributed by atoms with E-state index in [0.29, 0.717) is 19.4 Å². The van der Waals surface area contributed by atoms with Crippen LogP contribution in [0.5, 0.6) is 0 Å². The van der Waals surface area contributed by atoms with Crippen LogP contribution in [0.4, 0.5) is 0 Å². The summed E-state index contributed by atoms with van der Waals surface area (Å²) in [6.45, 7) is 1.81. The van der Waals surface area contributed by atoms with Crippen molar-refractivity contribution in [2.45, 2.75) is 63.5 Å². The highest BCUT2D eigenvalue weighted by Crippen LogP contribution is 2.26. The highest BCUT2D eigenvalue weighted by Gasteiger charge is 2.26. The fourth-order valence-corrected chi connectivity index (χ4v) is 5.53. The summed E-state index contributed by atoms with van der Waals surface area (Å²) in [5, 5.41) is 19.1. The van der Waals surface area contributed by atoms with E-state index >= 15 is 0 Å². The third kappa shape index (κ3) is 16.5. The van der Waals surface area contributed by atoms with Crippen molar-refractivity contribution in [3.05, 3.63) is 12.2 Å². The van der Waals surface area contributed by atoms with Crippen molar-refractivity contribution in [2.24, 2.45) is 5.92 Å². The van der Waals surface area contributed by atoms with Gasteiger partial charge in [-0.1, -0.05) is 54.2 Å². The lowest BCUT2D eigenvalue weighted by molar-refractivity contribution is -0.128. The molecule has 0 bridgehead atoms. The first-order valence-electron chi connectivity index (χ1n) is 12.9. The molecule has 1 rings (SSSR count). The van der Waals surface area contributed by atoms with Crippen LogP contribution in [0.25, 0.3) is 0 Å². The maximum absolute atomic E-state index is 11.9. The molecule has 4 amide bonds. The summed E-state index contributed by atoms with van der Waals surface area (Å²) in [5.74, 6) is -1.49. The molecule has 1 aliphatic carbocycles. The summed E-state index contributed by atoms with van der Waals surface area (Å²) < 4.78 is 0. The zero-order valence-electron chi connectivity index (χ0n) is 21.9. The number of carbonyl (C=O) groups is 6. The van der Waals surface area contributed by atoms with Gasteiger partial charge < -0.3 is 26.4 Å². The molecule has 0 aromatic heterocycles. The number of aliphatic hydroxyl groups is 1. The van der Waals surface area contributed by atoms with E-state index in [4.69, 9.17) is 5.11 Å². The fraction of sp³-hybridized carbons (Fsp3) is 0.680. The SMILES string of the molecule is CC(CO)SSCCCNC(=O)CNC(=O)CNC(=O)CNC(=O)CCCCCCCC1C(=O)C=CC1=O. The second kappa shape index (κ2) is 20.6. The molecule has 11 nitrogen and oxygen atoms in total. The second-order valence-corrected chi connectivity index (χ2v) is 11.9. The Morgan fingerprint density at radius 3 is 1.92 bits per heavy atom. The van der Waals surface area contributed by atoms with Crippen molar-refractivity contribution in [1.82, 2.24) is 21.3 Å². The number of ketones is 2. The van der Waals surface area contributed by atoms with Gasteiger partial charge in [-0.3, -0.25) is 28.8 Å². The molecule has 1 aliphatic rings. The summed E-state index contributed by atoms with van der Waals surface area (Å²) in [4.78, 5) is 70.3. The lowest BCUT2D eigenvalue weighted by atomic mass is 9.96. The molecular formula is C25H40N4O7S2. The van der Waals surface area contributed by atoms with E-state index in [1.165, 1.54) is 12.2 Å². The van der Waals surface area contributed by atoms with Crippen LogP contribution in [0, 0.1) is 5.92 Å². The molecule has 0 aromatic rings. The highest BCUT2D eigenvalue weighted by atomic mass is 33.1. The molecule has 0 aromatic carbocycles. The highest BCUT2D eigenvalue weighted by molar-refractivity contribution is 8.76. The zero-order valence-corrected chi connectivity index (χ0v) is 23.6. The van der Waals surface area contributed by atoms with Crippen LogP contribution >= 0.6 is 21.6 Å². The number of allylic oxidation sites excluding steroid dienone is 2. The lowest BCUT2D eigenvalue weighted by Gasteiger charge is -2.09. The van der Waals surface area contributed by atoms with E-state index in [0.717, 1.165) is 37.9 Å². The van der Waals surface area contributed by atoms with Gasteiger partial charge in [0.2, 0.25) is 23.6 Å². The van der Waals surface area contributed by atoms with Crippen LogP contribution in [-0.2, 0) is 28.8 Å². The molecule has 0 radical (unpaired) electrons. The van der Waals surface area contributed by atoms with Crippen molar-refractivity contribution in [3.8, 4) is 0 Å². The topological polar surface area (TPSA) is 171 Å². The zero-order chi connectivity index (χ0) is 28.2. The Labute approximate surface area is 231 Å². The molecule has 0 saturated carbocycles. The van der Waals surface area contributed by atoms with E-state index in [1.54, 1.807) is 21.6 Å². The summed E-state index contributed by atoms with van der Waals surface area (Å²) in [5.41, 5.74) is 0. The Bertz CT molecular complexity index is 821. The maximum atomic E-state index is 11.9. The van der Waals surface area contributed by atoms with Gasteiger partial charge in [0.1, 0.15) is 0 Å². The second-order valence-electron chi connectivity index (χ2n) is 8.94. The largest absolute Gasteiger partial charge is 0.395 e. The Balaban J connectivity index is 1.95. The van der Waals surface area contributed by atoms with E-state index < -0.39 is 17.7 Å². The number of nitrogens with one attached hydrogen (secondary N) is 4. The number of amides is 4. The minimum absolute atomic E-state index is 0.110. The first-order chi connectivity index (χ1) is 18.2. The van der Waals surface area contributed by atoms with Crippen molar-refractivity contribution < 1.29 is 33.9 Å². The molecule has 0 aliphatic heterocycles. The molecule has 214 valence electrons. The summed E-state index contributed by atoms with van der Waals surface area (Å²) >= 11 is 0. The monoisotopic (exact) mass is 572 g/mol. The van der Waals surface area contributed by atoms with Crippen LogP contribution in [0.2, 0.25) is 0 Å². The fourth-order valence-electron chi connectivity index (χ4n) is 3.35. The molecule has 0 fully saturated rings. The molecular weight excluding hydrogens is 532 g/mol. The van der Waals surface area contributed by atoms with Crippen LogP contribution < -0.4 is 21.3 Å². The number of unbranched alkanes of at least 4 members (excludes halogenated alkanes) is 4. The van der Waals surface area contributed by atoms with Gasteiger partial charge >= 0.3 is 0 Å². The van der Waals surface area contributed by atoms with Crippen molar-refractivity contribution in [1.29, 1.82) is 0 Å². The van der Waals surface area contributed by atoms with Gasteiger partial charge in [0.15, 0.2) is 11.6 Å². The van der Waals surface area contributed by atoms with Gasteiger partial charge in [-0.15, -0.1) is 0 Å². The minimum atomic E-state index is -0.511. The van der Waals surface area contributed by atoms with Gasteiger partial charge in [-0.25, -0.2) is 0 Å².